The van der Waals surface area contributed by atoms with Crippen LogP contribution in [-0.2, 0) is 0 Å². The molecular weight excluding hydrogens is 370 g/mol. The van der Waals surface area contributed by atoms with Crippen molar-refractivity contribution >= 4 is 53.8 Å². The molecule has 3 aromatic rings. The Labute approximate surface area is 117 Å². The first-order valence-corrected chi connectivity index (χ1v) is 6.97. The fourth-order valence-electron chi connectivity index (χ4n) is 1.43. The van der Waals surface area contributed by atoms with Gasteiger partial charge in [-0.1, -0.05) is 27.3 Å². The minimum Gasteiger partial charge on any atom is -0.397 e. The minimum absolute atomic E-state index is 0.665. The molecule has 0 amide bonds. The summed E-state index contributed by atoms with van der Waals surface area (Å²) in [5.41, 5.74) is 7.57. The van der Waals surface area contributed by atoms with Crippen LogP contribution < -0.4 is 5.73 Å². The van der Waals surface area contributed by atoms with Gasteiger partial charge in [0.05, 0.1) is 5.69 Å². The Morgan fingerprint density at radius 3 is 2.88 bits per heavy atom. The van der Waals surface area contributed by atoms with Crippen molar-refractivity contribution in [3.63, 3.8) is 0 Å². The van der Waals surface area contributed by atoms with Gasteiger partial charge in [-0.2, -0.15) is 9.61 Å². The number of fused-ring (bicyclic) bond motifs is 1. The van der Waals surface area contributed by atoms with Crippen molar-refractivity contribution in [2.24, 2.45) is 0 Å². The van der Waals surface area contributed by atoms with Crippen LogP contribution in [0, 0.1) is 0 Å². The molecule has 0 atom stereocenters. The lowest BCUT2D eigenvalue weighted by atomic mass is 10.2. The lowest BCUT2D eigenvalue weighted by Crippen LogP contribution is -1.92. The summed E-state index contributed by atoms with van der Waals surface area (Å²) in [4.78, 5) is 0.746. The lowest BCUT2D eigenvalue weighted by Gasteiger charge is -2.05. The lowest BCUT2D eigenvalue weighted by molar-refractivity contribution is 0.960. The Bertz CT molecular complexity index is 676. The summed E-state index contributed by atoms with van der Waals surface area (Å²) >= 11 is 8.30. The van der Waals surface area contributed by atoms with Gasteiger partial charge in [-0.15, -0.1) is 10.2 Å². The normalized spacial score (nSPS) is 11.2. The zero-order valence-corrected chi connectivity index (χ0v) is 12.3. The van der Waals surface area contributed by atoms with Gasteiger partial charge >= 0.3 is 0 Å². The van der Waals surface area contributed by atoms with Gasteiger partial charge in [0.15, 0.2) is 0 Å². The molecule has 8 heteroatoms. The standard InChI is InChI=1S/C9H5Br2N5S/c10-4-1-5(7(12)6(11)2-4)8-15-16-3-13-14-9(16)17-8/h1-3H,12H2. The number of halogens is 2. The summed E-state index contributed by atoms with van der Waals surface area (Å²) in [6, 6.07) is 3.84. The van der Waals surface area contributed by atoms with E-state index in [1.165, 1.54) is 11.3 Å². The predicted molar refractivity (Wildman–Crippen MR) is 73.9 cm³/mol. The number of hydrogen-bond acceptors (Lipinski definition) is 5. The summed E-state index contributed by atoms with van der Waals surface area (Å²) in [6.07, 6.45) is 1.57. The largest absolute Gasteiger partial charge is 0.397 e. The predicted octanol–water partition coefficient (Wildman–Crippen LogP) is 2.96. The van der Waals surface area contributed by atoms with Crippen LogP contribution in [-0.4, -0.2) is 19.8 Å². The van der Waals surface area contributed by atoms with Crippen LogP contribution >= 0.6 is 43.2 Å². The minimum atomic E-state index is 0.665. The quantitative estimate of drug-likeness (QED) is 0.665. The summed E-state index contributed by atoms with van der Waals surface area (Å²) in [7, 11) is 0. The van der Waals surface area contributed by atoms with Crippen molar-refractivity contribution in [2.75, 3.05) is 5.73 Å². The molecule has 0 aliphatic rings. The summed E-state index contributed by atoms with van der Waals surface area (Å²) in [6.45, 7) is 0. The highest BCUT2D eigenvalue weighted by Crippen LogP contribution is 2.36. The third-order valence-corrected chi connectivity index (χ3v) is 4.27. The third-order valence-electron chi connectivity index (χ3n) is 2.21. The van der Waals surface area contributed by atoms with E-state index in [-0.39, 0.29) is 0 Å². The molecule has 2 N–H and O–H groups in total. The van der Waals surface area contributed by atoms with Crippen molar-refractivity contribution in [2.45, 2.75) is 0 Å². The van der Waals surface area contributed by atoms with Crippen LogP contribution in [0.25, 0.3) is 15.5 Å². The molecule has 86 valence electrons. The molecule has 0 aliphatic carbocycles. The average Bonchev–Trinajstić information content (AvgIpc) is 2.83. The van der Waals surface area contributed by atoms with Crippen molar-refractivity contribution in [1.29, 1.82) is 0 Å². The highest BCUT2D eigenvalue weighted by molar-refractivity contribution is 9.11. The Hall–Kier alpha value is -0.990. The Balaban J connectivity index is 2.24. The summed E-state index contributed by atoms with van der Waals surface area (Å²) in [5.74, 6) is 0. The fourth-order valence-corrected chi connectivity index (χ4v) is 3.51. The van der Waals surface area contributed by atoms with E-state index in [4.69, 9.17) is 5.73 Å². The Kier molecular flexibility index (Phi) is 2.64. The molecule has 5 nitrogen and oxygen atoms in total. The number of aromatic nitrogens is 4. The van der Waals surface area contributed by atoms with Gasteiger partial charge < -0.3 is 5.73 Å². The van der Waals surface area contributed by atoms with E-state index in [9.17, 15) is 0 Å². The van der Waals surface area contributed by atoms with Crippen LogP contribution in [0.1, 0.15) is 0 Å². The van der Waals surface area contributed by atoms with Crippen LogP contribution in [0.4, 0.5) is 5.69 Å². The smallest absolute Gasteiger partial charge is 0.234 e. The number of rotatable bonds is 1. The third kappa shape index (κ3) is 1.85. The van der Waals surface area contributed by atoms with Crippen molar-refractivity contribution < 1.29 is 0 Å². The molecule has 2 aromatic heterocycles. The zero-order valence-electron chi connectivity index (χ0n) is 8.26. The number of nitrogen functional groups attached to an aromatic ring is 1. The topological polar surface area (TPSA) is 69.1 Å². The molecule has 0 bridgehead atoms. The fraction of sp³-hybridized carbons (Fsp3) is 0. The molecule has 0 spiro atoms. The van der Waals surface area contributed by atoms with E-state index in [0.717, 1.165) is 24.5 Å². The second kappa shape index (κ2) is 4.04. The van der Waals surface area contributed by atoms with Crippen molar-refractivity contribution in [1.82, 2.24) is 19.8 Å². The first-order valence-electron chi connectivity index (χ1n) is 4.57. The van der Waals surface area contributed by atoms with Crippen molar-refractivity contribution in [3.8, 4) is 10.6 Å². The zero-order chi connectivity index (χ0) is 12.0. The molecule has 0 saturated carbocycles. The van der Waals surface area contributed by atoms with Crippen LogP contribution in [0.5, 0.6) is 0 Å². The highest BCUT2D eigenvalue weighted by atomic mass is 79.9. The van der Waals surface area contributed by atoms with Gasteiger partial charge in [0, 0.05) is 14.5 Å². The monoisotopic (exact) mass is 373 g/mol. The molecule has 3 rings (SSSR count). The molecule has 1 aromatic carbocycles. The maximum atomic E-state index is 6.03. The van der Waals surface area contributed by atoms with E-state index in [0.29, 0.717) is 5.69 Å². The molecule has 0 aliphatic heterocycles. The van der Waals surface area contributed by atoms with Gasteiger partial charge in [-0.3, -0.25) is 0 Å². The molecule has 2 heterocycles. The molecular formula is C9H5Br2N5S. The second-order valence-electron chi connectivity index (χ2n) is 3.31. The van der Waals surface area contributed by atoms with Gasteiger partial charge in [0.1, 0.15) is 11.3 Å². The van der Waals surface area contributed by atoms with Gasteiger partial charge in [0.2, 0.25) is 4.96 Å². The number of hydrogen-bond donors (Lipinski definition) is 1. The molecule has 0 saturated heterocycles. The molecule has 0 fully saturated rings. The Morgan fingerprint density at radius 1 is 1.29 bits per heavy atom. The first-order chi connectivity index (χ1) is 8.15. The molecule has 17 heavy (non-hydrogen) atoms. The van der Waals surface area contributed by atoms with Crippen LogP contribution in [0.3, 0.4) is 0 Å². The Morgan fingerprint density at radius 2 is 2.12 bits per heavy atom. The van der Waals surface area contributed by atoms with E-state index >= 15 is 0 Å². The summed E-state index contributed by atoms with van der Waals surface area (Å²) in [5, 5.41) is 12.9. The number of anilines is 1. The SMILES string of the molecule is Nc1c(Br)cc(Br)cc1-c1nn2cnnc2s1. The first kappa shape index (κ1) is 11.1. The number of benzene rings is 1. The average molecular weight is 375 g/mol. The second-order valence-corrected chi connectivity index (χ2v) is 6.04. The summed E-state index contributed by atoms with van der Waals surface area (Å²) < 4.78 is 3.42. The maximum Gasteiger partial charge on any atom is 0.234 e. The molecule has 0 radical (unpaired) electrons. The van der Waals surface area contributed by atoms with E-state index < -0.39 is 0 Å². The van der Waals surface area contributed by atoms with Crippen LogP contribution in [0.15, 0.2) is 27.4 Å². The van der Waals surface area contributed by atoms with E-state index in [1.807, 2.05) is 12.1 Å². The van der Waals surface area contributed by atoms with E-state index in [1.54, 1.807) is 10.8 Å². The number of nitrogens with two attached hydrogens (primary N) is 1. The van der Waals surface area contributed by atoms with Crippen molar-refractivity contribution in [3.05, 3.63) is 27.4 Å². The maximum absolute atomic E-state index is 6.03. The molecule has 0 unspecified atom stereocenters. The van der Waals surface area contributed by atoms with Crippen LogP contribution in [0.2, 0.25) is 0 Å². The van der Waals surface area contributed by atoms with Gasteiger partial charge in [-0.25, -0.2) is 0 Å². The number of nitrogens with zero attached hydrogens (tertiary/aromatic N) is 4. The van der Waals surface area contributed by atoms with E-state index in [2.05, 4.69) is 47.2 Å². The van der Waals surface area contributed by atoms with Gasteiger partial charge in [-0.05, 0) is 28.1 Å². The highest BCUT2D eigenvalue weighted by Gasteiger charge is 2.13. The van der Waals surface area contributed by atoms with Gasteiger partial charge in [0.25, 0.3) is 0 Å².